The molecule has 0 unspecified atom stereocenters. The number of esters is 1. The molecule has 160 valence electrons. The minimum absolute atomic E-state index is 0.132. The smallest absolute Gasteiger partial charge is 0.338 e. The van der Waals surface area contributed by atoms with Crippen LogP contribution in [0.15, 0.2) is 46.4 Å². The Morgan fingerprint density at radius 2 is 1.87 bits per heavy atom. The highest BCUT2D eigenvalue weighted by molar-refractivity contribution is 9.10. The Labute approximate surface area is 185 Å². The van der Waals surface area contributed by atoms with Gasteiger partial charge in [0.05, 0.1) is 29.4 Å². The number of imide groups is 2. The molecular weight excluding hydrogens is 472 g/mol. The molecule has 2 aromatic rings. The Hall–Kier alpha value is -3.66. The van der Waals surface area contributed by atoms with E-state index in [2.05, 4.69) is 21.2 Å². The number of nitrogens with zero attached hydrogens (tertiary/aromatic N) is 1. The van der Waals surface area contributed by atoms with E-state index >= 15 is 0 Å². The highest BCUT2D eigenvalue weighted by atomic mass is 79.9. The number of carbonyl (C=O) groups is 4. The van der Waals surface area contributed by atoms with Gasteiger partial charge in [-0.25, -0.2) is 14.5 Å². The number of rotatable bonds is 5. The SMILES string of the molecule is CCOC(=O)c1ccc(N2C(=O)NC(=O)/C(=C\c3cc(Br)c(O)c(OC)c3)C2=O)cc1. The van der Waals surface area contributed by atoms with Crippen molar-refractivity contribution in [2.24, 2.45) is 0 Å². The zero-order chi connectivity index (χ0) is 22.7. The number of amides is 4. The number of carbonyl (C=O) groups excluding carboxylic acids is 4. The standard InChI is InChI=1S/C21H17BrN2O7/c1-3-31-20(28)12-4-6-13(7-5-12)24-19(27)14(18(26)23-21(24)29)8-11-9-15(22)17(25)16(10-11)30-2/h4-10,25H,3H2,1-2H3,(H,23,26,29)/b14-8+. The quantitative estimate of drug-likeness (QED) is 0.376. The molecule has 9 nitrogen and oxygen atoms in total. The average Bonchev–Trinajstić information content (AvgIpc) is 2.74. The van der Waals surface area contributed by atoms with Crippen LogP contribution >= 0.6 is 15.9 Å². The molecule has 2 aromatic carbocycles. The van der Waals surface area contributed by atoms with Gasteiger partial charge < -0.3 is 14.6 Å². The second-order valence-electron chi connectivity index (χ2n) is 6.28. The van der Waals surface area contributed by atoms with E-state index < -0.39 is 23.8 Å². The summed E-state index contributed by atoms with van der Waals surface area (Å²) in [4.78, 5) is 50.2. The first-order valence-corrected chi connectivity index (χ1v) is 9.81. The summed E-state index contributed by atoms with van der Waals surface area (Å²) in [6, 6.07) is 7.63. The molecule has 0 bridgehead atoms. The van der Waals surface area contributed by atoms with Crippen LogP contribution < -0.4 is 15.0 Å². The zero-order valence-electron chi connectivity index (χ0n) is 16.5. The van der Waals surface area contributed by atoms with Crippen molar-refractivity contribution in [2.45, 2.75) is 6.92 Å². The van der Waals surface area contributed by atoms with Crippen molar-refractivity contribution in [3.05, 3.63) is 57.6 Å². The van der Waals surface area contributed by atoms with Crippen molar-refractivity contribution in [1.29, 1.82) is 0 Å². The van der Waals surface area contributed by atoms with Gasteiger partial charge in [0.15, 0.2) is 11.5 Å². The summed E-state index contributed by atoms with van der Waals surface area (Å²) in [5, 5.41) is 12.0. The molecule has 0 aliphatic carbocycles. The average molecular weight is 489 g/mol. The predicted octanol–water partition coefficient (Wildman–Crippen LogP) is 3.01. The van der Waals surface area contributed by atoms with Gasteiger partial charge in [0, 0.05) is 0 Å². The van der Waals surface area contributed by atoms with Crippen molar-refractivity contribution in [3.8, 4) is 11.5 Å². The van der Waals surface area contributed by atoms with Crippen LogP contribution in [0.3, 0.4) is 0 Å². The number of aromatic hydroxyl groups is 1. The lowest BCUT2D eigenvalue weighted by Crippen LogP contribution is -2.54. The normalized spacial score (nSPS) is 15.1. The van der Waals surface area contributed by atoms with Crippen LogP contribution in [0, 0.1) is 0 Å². The summed E-state index contributed by atoms with van der Waals surface area (Å²) in [7, 11) is 1.36. The Balaban J connectivity index is 1.97. The third kappa shape index (κ3) is 4.43. The summed E-state index contributed by atoms with van der Waals surface area (Å²) in [5.41, 5.74) is 0.502. The lowest BCUT2D eigenvalue weighted by molar-refractivity contribution is -0.122. The Kier molecular flexibility index (Phi) is 6.40. The number of anilines is 1. The van der Waals surface area contributed by atoms with Crippen LogP contribution in [-0.4, -0.2) is 42.6 Å². The van der Waals surface area contributed by atoms with E-state index in [1.165, 1.54) is 49.6 Å². The van der Waals surface area contributed by atoms with E-state index in [1.807, 2.05) is 0 Å². The monoisotopic (exact) mass is 488 g/mol. The summed E-state index contributed by atoms with van der Waals surface area (Å²) in [5.74, 6) is -2.25. The molecule has 1 aliphatic heterocycles. The largest absolute Gasteiger partial charge is 0.503 e. The molecule has 2 N–H and O–H groups in total. The Bertz CT molecular complexity index is 1110. The lowest BCUT2D eigenvalue weighted by Gasteiger charge is -2.26. The number of hydrogen-bond donors (Lipinski definition) is 2. The maximum absolute atomic E-state index is 13.0. The van der Waals surface area contributed by atoms with Crippen molar-refractivity contribution < 1.29 is 33.8 Å². The van der Waals surface area contributed by atoms with Crippen LogP contribution in [0.25, 0.3) is 6.08 Å². The van der Waals surface area contributed by atoms with E-state index in [4.69, 9.17) is 9.47 Å². The minimum Gasteiger partial charge on any atom is -0.503 e. The van der Waals surface area contributed by atoms with E-state index in [0.717, 1.165) is 4.90 Å². The summed E-state index contributed by atoms with van der Waals surface area (Å²) in [6.45, 7) is 1.89. The van der Waals surface area contributed by atoms with Gasteiger partial charge in [-0.2, -0.15) is 0 Å². The molecule has 3 rings (SSSR count). The maximum Gasteiger partial charge on any atom is 0.338 e. The number of halogens is 1. The van der Waals surface area contributed by atoms with Crippen molar-refractivity contribution in [3.63, 3.8) is 0 Å². The number of hydrogen-bond acceptors (Lipinski definition) is 7. The molecule has 0 radical (unpaired) electrons. The number of urea groups is 1. The van der Waals surface area contributed by atoms with Crippen LogP contribution in [0.1, 0.15) is 22.8 Å². The van der Waals surface area contributed by atoms with Gasteiger partial charge in [-0.15, -0.1) is 0 Å². The highest BCUT2D eigenvalue weighted by Crippen LogP contribution is 2.36. The van der Waals surface area contributed by atoms with Crippen molar-refractivity contribution >= 4 is 51.5 Å². The summed E-state index contributed by atoms with van der Waals surface area (Å²) >= 11 is 3.17. The first-order valence-electron chi connectivity index (χ1n) is 9.02. The van der Waals surface area contributed by atoms with Crippen LogP contribution in [0.4, 0.5) is 10.5 Å². The molecule has 31 heavy (non-hydrogen) atoms. The minimum atomic E-state index is -0.916. The van der Waals surface area contributed by atoms with Gasteiger partial charge in [-0.05, 0) is 70.9 Å². The first kappa shape index (κ1) is 22.0. The molecule has 1 fully saturated rings. The second-order valence-corrected chi connectivity index (χ2v) is 7.13. The second kappa shape index (κ2) is 9.00. The van der Waals surface area contributed by atoms with Gasteiger partial charge in [0.2, 0.25) is 0 Å². The van der Waals surface area contributed by atoms with Gasteiger partial charge in [0.1, 0.15) is 5.57 Å². The van der Waals surface area contributed by atoms with E-state index in [-0.39, 0.29) is 34.9 Å². The Morgan fingerprint density at radius 3 is 2.48 bits per heavy atom. The van der Waals surface area contributed by atoms with Crippen LogP contribution in [0.2, 0.25) is 0 Å². The van der Waals surface area contributed by atoms with Gasteiger partial charge in [-0.3, -0.25) is 14.9 Å². The number of nitrogens with one attached hydrogen (secondary N) is 1. The molecule has 1 heterocycles. The predicted molar refractivity (Wildman–Crippen MR) is 114 cm³/mol. The third-order valence-electron chi connectivity index (χ3n) is 4.32. The summed E-state index contributed by atoms with van der Waals surface area (Å²) < 4.78 is 10.3. The number of phenolic OH excluding ortho intramolecular Hbond substituents is 1. The van der Waals surface area contributed by atoms with E-state index in [0.29, 0.717) is 10.0 Å². The Morgan fingerprint density at radius 1 is 1.19 bits per heavy atom. The molecule has 1 saturated heterocycles. The topological polar surface area (TPSA) is 122 Å². The molecule has 0 atom stereocenters. The summed E-state index contributed by atoms with van der Waals surface area (Å²) in [6.07, 6.45) is 1.27. The molecule has 0 spiro atoms. The zero-order valence-corrected chi connectivity index (χ0v) is 18.1. The van der Waals surface area contributed by atoms with Crippen LogP contribution in [0.5, 0.6) is 11.5 Å². The fraction of sp³-hybridized carbons (Fsp3) is 0.143. The fourth-order valence-electron chi connectivity index (χ4n) is 2.85. The maximum atomic E-state index is 13.0. The molecule has 10 heteroatoms. The van der Waals surface area contributed by atoms with E-state index in [1.54, 1.807) is 6.92 Å². The number of benzene rings is 2. The van der Waals surface area contributed by atoms with Crippen molar-refractivity contribution in [2.75, 3.05) is 18.6 Å². The van der Waals surface area contributed by atoms with Gasteiger partial charge >= 0.3 is 12.0 Å². The number of ether oxygens (including phenoxy) is 2. The highest BCUT2D eigenvalue weighted by Gasteiger charge is 2.37. The first-order chi connectivity index (χ1) is 14.8. The molecule has 4 amide bonds. The number of barbiturate groups is 1. The molecule has 0 aromatic heterocycles. The lowest BCUT2D eigenvalue weighted by atomic mass is 10.1. The molecular formula is C21H17BrN2O7. The number of methoxy groups -OCH3 is 1. The third-order valence-corrected chi connectivity index (χ3v) is 4.92. The number of phenols is 1. The van der Waals surface area contributed by atoms with Gasteiger partial charge in [0.25, 0.3) is 11.8 Å². The van der Waals surface area contributed by atoms with Crippen LogP contribution in [-0.2, 0) is 14.3 Å². The van der Waals surface area contributed by atoms with E-state index in [9.17, 15) is 24.3 Å². The molecule has 1 aliphatic rings. The fourth-order valence-corrected chi connectivity index (χ4v) is 3.31. The molecule has 0 saturated carbocycles. The van der Waals surface area contributed by atoms with Gasteiger partial charge in [-0.1, -0.05) is 0 Å². The van der Waals surface area contributed by atoms with Crippen molar-refractivity contribution in [1.82, 2.24) is 5.32 Å².